The van der Waals surface area contributed by atoms with Gasteiger partial charge in [0.15, 0.2) is 0 Å². The second kappa shape index (κ2) is 4.32. The van der Waals surface area contributed by atoms with Gasteiger partial charge in [-0.25, -0.2) is 4.39 Å². The minimum absolute atomic E-state index is 0.0495. The first kappa shape index (κ1) is 11.5. The molecule has 0 aromatic heterocycles. The number of halogens is 1. The lowest BCUT2D eigenvalue weighted by molar-refractivity contribution is 0.277. The molecule has 0 bridgehead atoms. The topological polar surface area (TPSA) is 20.2 Å². The number of hydrogen-bond acceptors (Lipinski definition) is 2. The van der Waals surface area contributed by atoms with E-state index in [2.05, 4.69) is 0 Å². The molecule has 0 aliphatic heterocycles. The molecule has 1 nitrogen and oxygen atoms in total. The summed E-state index contributed by atoms with van der Waals surface area (Å²) in [5.74, 6) is -0.253. The number of rotatable bonds is 2. The second-order valence-corrected chi connectivity index (χ2v) is 5.94. The molecule has 1 aromatic rings. The van der Waals surface area contributed by atoms with Crippen molar-refractivity contribution in [3.05, 3.63) is 29.6 Å². The predicted molar refractivity (Wildman–Crippen MR) is 57.9 cm³/mol. The fraction of sp³-hybridized carbons (Fsp3) is 0.455. The average Bonchev–Trinajstić information content (AvgIpc) is 2.06. The highest BCUT2D eigenvalue weighted by atomic mass is 32.2. The van der Waals surface area contributed by atoms with Crippen LogP contribution in [0.1, 0.15) is 26.3 Å². The number of thioether (sulfide) groups is 1. The molecule has 0 atom stereocenters. The van der Waals surface area contributed by atoms with Crippen molar-refractivity contribution in [3.8, 4) is 0 Å². The van der Waals surface area contributed by atoms with Gasteiger partial charge in [-0.15, -0.1) is 11.8 Å². The number of aliphatic hydroxyl groups is 1. The van der Waals surface area contributed by atoms with Crippen LogP contribution in [0.5, 0.6) is 0 Å². The summed E-state index contributed by atoms with van der Waals surface area (Å²) >= 11 is 1.44. The van der Waals surface area contributed by atoms with E-state index in [9.17, 15) is 4.39 Å². The molecule has 0 aliphatic rings. The van der Waals surface area contributed by atoms with Crippen molar-refractivity contribution in [2.75, 3.05) is 0 Å². The summed E-state index contributed by atoms with van der Waals surface area (Å²) in [5, 5.41) is 9.06. The molecule has 1 aromatic carbocycles. The quantitative estimate of drug-likeness (QED) is 0.763. The maximum absolute atomic E-state index is 13.4. The Balaban J connectivity index is 3.05. The van der Waals surface area contributed by atoms with E-state index in [-0.39, 0.29) is 17.2 Å². The van der Waals surface area contributed by atoms with Crippen LogP contribution in [0, 0.1) is 5.82 Å². The fourth-order valence-electron chi connectivity index (χ4n) is 1.10. The van der Waals surface area contributed by atoms with E-state index in [4.69, 9.17) is 5.11 Å². The molecule has 0 amide bonds. The molecule has 78 valence electrons. The Morgan fingerprint density at radius 3 is 2.50 bits per heavy atom. The van der Waals surface area contributed by atoms with Crippen LogP contribution < -0.4 is 0 Å². The van der Waals surface area contributed by atoms with Gasteiger partial charge in [-0.1, -0.05) is 32.9 Å². The molecule has 0 saturated heterocycles. The van der Waals surface area contributed by atoms with Crippen molar-refractivity contribution < 1.29 is 9.50 Å². The summed E-state index contributed by atoms with van der Waals surface area (Å²) in [6, 6.07) is 4.79. The lowest BCUT2D eigenvalue weighted by Gasteiger charge is -2.19. The van der Waals surface area contributed by atoms with Crippen LogP contribution in [0.15, 0.2) is 23.1 Å². The van der Waals surface area contributed by atoms with Crippen LogP contribution in [-0.4, -0.2) is 9.85 Å². The standard InChI is InChI=1S/C11H15FOS/c1-11(2,3)14-10-8(7-13)5-4-6-9(10)12/h4-6,13H,7H2,1-3H3. The SMILES string of the molecule is CC(C)(C)Sc1c(F)cccc1CO. The monoisotopic (exact) mass is 214 g/mol. The first-order chi connectivity index (χ1) is 6.44. The van der Waals surface area contributed by atoms with Gasteiger partial charge in [0, 0.05) is 9.64 Å². The van der Waals surface area contributed by atoms with Crippen LogP contribution in [0.4, 0.5) is 4.39 Å². The Hall–Kier alpha value is -0.540. The van der Waals surface area contributed by atoms with E-state index in [0.717, 1.165) is 0 Å². The smallest absolute Gasteiger partial charge is 0.137 e. The minimum atomic E-state index is -0.253. The van der Waals surface area contributed by atoms with Gasteiger partial charge < -0.3 is 5.11 Å². The van der Waals surface area contributed by atoms with Gasteiger partial charge in [-0.05, 0) is 11.6 Å². The normalized spacial score (nSPS) is 11.8. The Bertz CT molecular complexity index is 318. The van der Waals surface area contributed by atoms with Crippen molar-refractivity contribution >= 4 is 11.8 Å². The minimum Gasteiger partial charge on any atom is -0.392 e. The van der Waals surface area contributed by atoms with E-state index >= 15 is 0 Å². The van der Waals surface area contributed by atoms with E-state index in [1.165, 1.54) is 17.8 Å². The third-order valence-corrected chi connectivity index (χ3v) is 2.90. The summed E-state index contributed by atoms with van der Waals surface area (Å²) in [4.78, 5) is 0.558. The van der Waals surface area contributed by atoms with E-state index in [0.29, 0.717) is 10.5 Å². The van der Waals surface area contributed by atoms with Crippen LogP contribution in [0.3, 0.4) is 0 Å². The lowest BCUT2D eigenvalue weighted by Crippen LogP contribution is -2.08. The van der Waals surface area contributed by atoms with Crippen LogP contribution >= 0.6 is 11.8 Å². The average molecular weight is 214 g/mol. The number of aliphatic hydroxyl groups excluding tert-OH is 1. The highest BCUT2D eigenvalue weighted by Gasteiger charge is 2.17. The van der Waals surface area contributed by atoms with Gasteiger partial charge in [0.2, 0.25) is 0 Å². The summed E-state index contributed by atoms with van der Waals surface area (Å²) in [7, 11) is 0. The molecule has 0 aliphatic carbocycles. The maximum atomic E-state index is 13.4. The summed E-state index contributed by atoms with van der Waals surface area (Å²) in [6.45, 7) is 5.94. The molecule has 0 saturated carbocycles. The molecular formula is C11H15FOS. The number of benzene rings is 1. The summed E-state index contributed by atoms with van der Waals surface area (Å²) in [5.41, 5.74) is 0.657. The Morgan fingerprint density at radius 2 is 2.00 bits per heavy atom. The highest BCUT2D eigenvalue weighted by molar-refractivity contribution is 8.00. The van der Waals surface area contributed by atoms with Crippen molar-refractivity contribution in [1.29, 1.82) is 0 Å². The van der Waals surface area contributed by atoms with Crippen molar-refractivity contribution in [3.63, 3.8) is 0 Å². The second-order valence-electron chi connectivity index (χ2n) is 4.10. The first-order valence-corrected chi connectivity index (χ1v) is 5.33. The molecule has 0 radical (unpaired) electrons. The van der Waals surface area contributed by atoms with Gasteiger partial charge in [0.05, 0.1) is 6.61 Å². The predicted octanol–water partition coefficient (Wildman–Crippen LogP) is 3.21. The highest BCUT2D eigenvalue weighted by Crippen LogP contribution is 2.35. The summed E-state index contributed by atoms with van der Waals surface area (Å²) in [6.07, 6.45) is 0. The Labute approximate surface area is 88.3 Å². The maximum Gasteiger partial charge on any atom is 0.137 e. The molecule has 0 fully saturated rings. The lowest BCUT2D eigenvalue weighted by atomic mass is 10.2. The fourth-order valence-corrected chi connectivity index (χ4v) is 2.14. The molecular weight excluding hydrogens is 199 g/mol. The molecule has 0 heterocycles. The molecule has 14 heavy (non-hydrogen) atoms. The van der Waals surface area contributed by atoms with Crippen LogP contribution in [-0.2, 0) is 6.61 Å². The van der Waals surface area contributed by atoms with E-state index in [1.807, 2.05) is 20.8 Å². The summed E-state index contributed by atoms with van der Waals surface area (Å²) < 4.78 is 13.4. The van der Waals surface area contributed by atoms with Crippen molar-refractivity contribution in [1.82, 2.24) is 0 Å². The molecule has 0 unspecified atom stereocenters. The third kappa shape index (κ3) is 3.00. The third-order valence-electron chi connectivity index (χ3n) is 1.63. The van der Waals surface area contributed by atoms with Crippen LogP contribution in [0.2, 0.25) is 0 Å². The Kier molecular flexibility index (Phi) is 3.56. The largest absolute Gasteiger partial charge is 0.392 e. The van der Waals surface area contributed by atoms with Gasteiger partial charge in [0.1, 0.15) is 5.82 Å². The van der Waals surface area contributed by atoms with Gasteiger partial charge >= 0.3 is 0 Å². The number of hydrogen-bond donors (Lipinski definition) is 1. The molecule has 1 rings (SSSR count). The van der Waals surface area contributed by atoms with Gasteiger partial charge in [-0.3, -0.25) is 0 Å². The molecule has 1 N–H and O–H groups in total. The van der Waals surface area contributed by atoms with Gasteiger partial charge in [-0.2, -0.15) is 0 Å². The zero-order chi connectivity index (χ0) is 10.8. The first-order valence-electron chi connectivity index (χ1n) is 4.51. The molecule has 3 heteroatoms. The zero-order valence-electron chi connectivity index (χ0n) is 8.67. The zero-order valence-corrected chi connectivity index (χ0v) is 9.49. The van der Waals surface area contributed by atoms with Gasteiger partial charge in [0.25, 0.3) is 0 Å². The Morgan fingerprint density at radius 1 is 1.36 bits per heavy atom. The van der Waals surface area contributed by atoms with Crippen molar-refractivity contribution in [2.24, 2.45) is 0 Å². The van der Waals surface area contributed by atoms with E-state index < -0.39 is 0 Å². The van der Waals surface area contributed by atoms with Crippen LogP contribution in [0.25, 0.3) is 0 Å². The van der Waals surface area contributed by atoms with Crippen molar-refractivity contribution in [2.45, 2.75) is 37.0 Å². The van der Waals surface area contributed by atoms with E-state index in [1.54, 1.807) is 12.1 Å². The molecule has 0 spiro atoms.